The van der Waals surface area contributed by atoms with E-state index in [2.05, 4.69) is 29.2 Å². The van der Waals surface area contributed by atoms with Crippen molar-refractivity contribution in [1.29, 1.82) is 0 Å². The van der Waals surface area contributed by atoms with Crippen LogP contribution in [0.25, 0.3) is 6.08 Å². The SMILES string of the molecule is CN(C(=O)/C=C\c1cccnc1)[C@H]1CCc2ccccc2C1. The van der Waals surface area contributed by atoms with Crippen LogP contribution in [0.5, 0.6) is 0 Å². The molecule has 0 fully saturated rings. The summed E-state index contributed by atoms with van der Waals surface area (Å²) in [5.41, 5.74) is 3.73. The Kier molecular flexibility index (Phi) is 4.33. The molecule has 1 aliphatic rings. The molecule has 0 spiro atoms. The molecule has 1 aliphatic carbocycles. The summed E-state index contributed by atoms with van der Waals surface area (Å²) in [6, 6.07) is 12.6. The summed E-state index contributed by atoms with van der Waals surface area (Å²) in [7, 11) is 1.90. The highest BCUT2D eigenvalue weighted by atomic mass is 16.2. The van der Waals surface area contributed by atoms with E-state index in [1.807, 2.05) is 30.2 Å². The molecule has 1 atom stereocenters. The number of rotatable bonds is 3. The van der Waals surface area contributed by atoms with E-state index < -0.39 is 0 Å². The second-order valence-electron chi connectivity index (χ2n) is 5.73. The highest BCUT2D eigenvalue weighted by molar-refractivity contribution is 5.91. The second kappa shape index (κ2) is 6.56. The molecular formula is C19H20N2O. The Hall–Kier alpha value is -2.42. The number of fused-ring (bicyclic) bond motifs is 1. The number of hydrogen-bond donors (Lipinski definition) is 0. The Morgan fingerprint density at radius 1 is 1.23 bits per heavy atom. The Balaban J connectivity index is 1.66. The van der Waals surface area contributed by atoms with Crippen LogP contribution in [0.4, 0.5) is 0 Å². The number of likely N-dealkylation sites (N-methyl/N-ethyl adjacent to an activating group) is 1. The first-order chi connectivity index (χ1) is 10.7. The molecule has 112 valence electrons. The van der Waals surface area contributed by atoms with Gasteiger partial charge in [-0.25, -0.2) is 0 Å². The van der Waals surface area contributed by atoms with E-state index >= 15 is 0 Å². The first kappa shape index (κ1) is 14.5. The van der Waals surface area contributed by atoms with Crippen molar-refractivity contribution in [3.05, 3.63) is 71.6 Å². The molecule has 1 amide bonds. The standard InChI is InChI=1S/C19H20N2O/c1-21(19(22)11-8-15-5-4-12-20-14-15)18-10-9-16-6-2-3-7-17(16)13-18/h2-8,11-12,14,18H,9-10,13H2,1H3/b11-8-/t18-/m0/s1. The summed E-state index contributed by atoms with van der Waals surface area (Å²) in [6.07, 6.45) is 9.95. The number of carbonyl (C=O) groups is 1. The van der Waals surface area contributed by atoms with Gasteiger partial charge in [0.15, 0.2) is 0 Å². The van der Waals surface area contributed by atoms with Crippen molar-refractivity contribution in [2.24, 2.45) is 0 Å². The van der Waals surface area contributed by atoms with Gasteiger partial charge >= 0.3 is 0 Å². The molecule has 22 heavy (non-hydrogen) atoms. The number of aromatic nitrogens is 1. The maximum Gasteiger partial charge on any atom is 0.246 e. The molecule has 0 aliphatic heterocycles. The molecule has 3 rings (SSSR count). The molecule has 1 aromatic heterocycles. The van der Waals surface area contributed by atoms with Gasteiger partial charge in [-0.15, -0.1) is 0 Å². The van der Waals surface area contributed by atoms with E-state index in [1.165, 1.54) is 11.1 Å². The van der Waals surface area contributed by atoms with E-state index in [0.29, 0.717) is 0 Å². The van der Waals surface area contributed by atoms with Crippen LogP contribution in [0, 0.1) is 0 Å². The predicted molar refractivity (Wildman–Crippen MR) is 88.3 cm³/mol. The van der Waals surface area contributed by atoms with Gasteiger partial charge in [-0.3, -0.25) is 9.78 Å². The van der Waals surface area contributed by atoms with Gasteiger partial charge in [-0.2, -0.15) is 0 Å². The summed E-state index contributed by atoms with van der Waals surface area (Å²) in [5.74, 6) is 0.0493. The highest BCUT2D eigenvalue weighted by Gasteiger charge is 2.23. The lowest BCUT2D eigenvalue weighted by Gasteiger charge is -2.31. The normalized spacial score (nSPS) is 17.2. The minimum absolute atomic E-state index is 0.0493. The van der Waals surface area contributed by atoms with Crippen molar-refractivity contribution in [2.45, 2.75) is 25.3 Å². The fraction of sp³-hybridized carbons (Fsp3) is 0.263. The van der Waals surface area contributed by atoms with Crippen LogP contribution < -0.4 is 0 Å². The van der Waals surface area contributed by atoms with Gasteiger partial charge in [0.25, 0.3) is 0 Å². The summed E-state index contributed by atoms with van der Waals surface area (Å²) in [5, 5.41) is 0. The largest absolute Gasteiger partial charge is 0.339 e. The molecule has 0 radical (unpaired) electrons. The third-order valence-corrected chi connectivity index (χ3v) is 4.32. The number of aryl methyl sites for hydroxylation is 1. The molecular weight excluding hydrogens is 272 g/mol. The fourth-order valence-electron chi connectivity index (χ4n) is 2.95. The maximum absolute atomic E-state index is 12.3. The van der Waals surface area contributed by atoms with Crippen LogP contribution >= 0.6 is 0 Å². The van der Waals surface area contributed by atoms with E-state index in [-0.39, 0.29) is 11.9 Å². The number of benzene rings is 1. The zero-order valence-electron chi connectivity index (χ0n) is 12.8. The smallest absolute Gasteiger partial charge is 0.246 e. The Bertz CT molecular complexity index is 679. The molecule has 3 nitrogen and oxygen atoms in total. The molecule has 0 saturated heterocycles. The van der Waals surface area contributed by atoms with Crippen LogP contribution in [-0.4, -0.2) is 28.9 Å². The lowest BCUT2D eigenvalue weighted by atomic mass is 9.87. The Morgan fingerprint density at radius 3 is 2.82 bits per heavy atom. The maximum atomic E-state index is 12.3. The first-order valence-corrected chi connectivity index (χ1v) is 7.66. The number of amides is 1. The van der Waals surface area contributed by atoms with Crippen LogP contribution in [0.3, 0.4) is 0 Å². The quantitative estimate of drug-likeness (QED) is 0.814. The Labute approximate surface area is 131 Å². The van der Waals surface area contributed by atoms with Crippen molar-refractivity contribution < 1.29 is 4.79 Å². The minimum atomic E-state index is 0.0493. The molecule has 3 heteroatoms. The van der Waals surface area contributed by atoms with E-state index in [1.54, 1.807) is 18.5 Å². The lowest BCUT2D eigenvalue weighted by Crippen LogP contribution is -2.39. The zero-order chi connectivity index (χ0) is 15.4. The summed E-state index contributed by atoms with van der Waals surface area (Å²) in [6.45, 7) is 0. The number of carbonyl (C=O) groups excluding carboxylic acids is 1. The highest BCUT2D eigenvalue weighted by Crippen LogP contribution is 2.24. The molecule has 0 N–H and O–H groups in total. The molecule has 1 aromatic carbocycles. The van der Waals surface area contributed by atoms with Gasteiger partial charge in [-0.1, -0.05) is 30.3 Å². The van der Waals surface area contributed by atoms with Gasteiger partial charge in [0.05, 0.1) is 0 Å². The van der Waals surface area contributed by atoms with Crippen molar-refractivity contribution in [2.75, 3.05) is 7.05 Å². The molecule has 1 heterocycles. The zero-order valence-corrected chi connectivity index (χ0v) is 12.8. The third-order valence-electron chi connectivity index (χ3n) is 4.32. The molecule has 0 bridgehead atoms. The van der Waals surface area contributed by atoms with E-state index in [9.17, 15) is 4.79 Å². The van der Waals surface area contributed by atoms with Crippen LogP contribution in [0.1, 0.15) is 23.1 Å². The fourth-order valence-corrected chi connectivity index (χ4v) is 2.95. The minimum Gasteiger partial charge on any atom is -0.339 e. The van der Waals surface area contributed by atoms with Crippen molar-refractivity contribution in [1.82, 2.24) is 9.88 Å². The average molecular weight is 292 g/mol. The van der Waals surface area contributed by atoms with Gasteiger partial charge in [0.1, 0.15) is 0 Å². The van der Waals surface area contributed by atoms with Crippen molar-refractivity contribution in [3.63, 3.8) is 0 Å². The Morgan fingerprint density at radius 2 is 2.05 bits per heavy atom. The summed E-state index contributed by atoms with van der Waals surface area (Å²) < 4.78 is 0. The first-order valence-electron chi connectivity index (χ1n) is 7.66. The number of pyridine rings is 1. The van der Waals surface area contributed by atoms with Gasteiger partial charge in [0, 0.05) is 31.6 Å². The van der Waals surface area contributed by atoms with Crippen molar-refractivity contribution >= 4 is 12.0 Å². The number of nitrogens with zero attached hydrogens (tertiary/aromatic N) is 2. The topological polar surface area (TPSA) is 33.2 Å². The van der Waals surface area contributed by atoms with Crippen LogP contribution in [0.15, 0.2) is 54.9 Å². The third kappa shape index (κ3) is 3.25. The monoisotopic (exact) mass is 292 g/mol. The lowest BCUT2D eigenvalue weighted by molar-refractivity contribution is -0.126. The van der Waals surface area contributed by atoms with Crippen molar-refractivity contribution in [3.8, 4) is 0 Å². The van der Waals surface area contributed by atoms with Gasteiger partial charge < -0.3 is 4.90 Å². The second-order valence-corrected chi connectivity index (χ2v) is 5.73. The molecule has 0 unspecified atom stereocenters. The number of hydrogen-bond acceptors (Lipinski definition) is 2. The van der Waals surface area contributed by atoms with Gasteiger partial charge in [-0.05, 0) is 48.1 Å². The van der Waals surface area contributed by atoms with Crippen LogP contribution in [-0.2, 0) is 17.6 Å². The average Bonchev–Trinajstić information content (AvgIpc) is 2.59. The molecule has 0 saturated carbocycles. The molecule has 2 aromatic rings. The van der Waals surface area contributed by atoms with Gasteiger partial charge in [0.2, 0.25) is 5.91 Å². The summed E-state index contributed by atoms with van der Waals surface area (Å²) >= 11 is 0. The van der Waals surface area contributed by atoms with E-state index in [4.69, 9.17) is 0 Å². The van der Waals surface area contributed by atoms with E-state index in [0.717, 1.165) is 24.8 Å². The predicted octanol–water partition coefficient (Wildman–Crippen LogP) is 3.11. The van der Waals surface area contributed by atoms with Crippen LogP contribution in [0.2, 0.25) is 0 Å². The summed E-state index contributed by atoms with van der Waals surface area (Å²) in [4.78, 5) is 18.3.